The van der Waals surface area contributed by atoms with Crippen molar-refractivity contribution >= 4 is 16.8 Å². The van der Waals surface area contributed by atoms with Gasteiger partial charge < -0.3 is 14.5 Å². The lowest BCUT2D eigenvalue weighted by molar-refractivity contribution is -0.137. The van der Waals surface area contributed by atoms with Crippen molar-refractivity contribution in [3.8, 4) is 5.95 Å². The maximum absolute atomic E-state index is 14.8. The molecule has 10 heteroatoms. The maximum atomic E-state index is 14.8. The summed E-state index contributed by atoms with van der Waals surface area (Å²) in [6, 6.07) is 5.51. The van der Waals surface area contributed by atoms with Gasteiger partial charge in [0.2, 0.25) is 11.8 Å². The summed E-state index contributed by atoms with van der Waals surface area (Å²) in [6.45, 7) is 7.07. The van der Waals surface area contributed by atoms with Gasteiger partial charge in [-0.1, -0.05) is 26.0 Å². The number of nitrogens with zero attached hydrogens (tertiary/aromatic N) is 6. The summed E-state index contributed by atoms with van der Waals surface area (Å²) < 4.78 is 21.9. The lowest BCUT2D eigenvalue weighted by atomic mass is 9.87. The number of fused-ring (bicyclic) bond motifs is 3. The summed E-state index contributed by atoms with van der Waals surface area (Å²) in [7, 11) is 0. The second-order valence-corrected chi connectivity index (χ2v) is 10.9. The molecule has 2 aliphatic heterocycles. The molecule has 3 aliphatic rings. The van der Waals surface area contributed by atoms with Crippen LogP contribution in [0.25, 0.3) is 16.9 Å². The number of amides is 1. The lowest BCUT2D eigenvalue weighted by Crippen LogP contribution is -2.55. The molecule has 1 unspecified atom stereocenters. The van der Waals surface area contributed by atoms with E-state index in [9.17, 15) is 14.3 Å². The third-order valence-corrected chi connectivity index (χ3v) is 8.42. The molecule has 6 rings (SSSR count). The van der Waals surface area contributed by atoms with Gasteiger partial charge in [-0.3, -0.25) is 9.69 Å². The van der Waals surface area contributed by atoms with Crippen molar-refractivity contribution in [2.45, 2.75) is 57.4 Å². The van der Waals surface area contributed by atoms with E-state index < -0.39 is 6.61 Å². The Labute approximate surface area is 209 Å². The summed E-state index contributed by atoms with van der Waals surface area (Å²) in [5, 5.41) is 18.8. The van der Waals surface area contributed by atoms with Crippen molar-refractivity contribution in [3.63, 3.8) is 0 Å². The molecule has 36 heavy (non-hydrogen) atoms. The van der Waals surface area contributed by atoms with E-state index in [1.807, 2.05) is 24.8 Å². The van der Waals surface area contributed by atoms with Gasteiger partial charge in [-0.05, 0) is 67.7 Å². The number of aromatic nitrogens is 4. The van der Waals surface area contributed by atoms with Crippen LogP contribution in [0.15, 0.2) is 22.7 Å². The highest BCUT2D eigenvalue weighted by molar-refractivity contribution is 5.84. The van der Waals surface area contributed by atoms with E-state index >= 15 is 0 Å². The molecule has 3 atom stereocenters. The molecule has 192 valence electrons. The Kier molecular flexibility index (Phi) is 6.03. The number of hydrogen-bond donors (Lipinski definition) is 1. The minimum Gasteiger partial charge on any atom is -0.387 e. The van der Waals surface area contributed by atoms with Crippen LogP contribution in [0.3, 0.4) is 0 Å². The third kappa shape index (κ3) is 3.91. The van der Waals surface area contributed by atoms with Crippen molar-refractivity contribution < 1.29 is 18.8 Å². The molecular weight excluding hydrogens is 463 g/mol. The summed E-state index contributed by atoms with van der Waals surface area (Å²) in [4.78, 5) is 21.1. The fraction of sp³-hybridized carbons (Fsp3) is 0.615. The van der Waals surface area contributed by atoms with Gasteiger partial charge in [-0.2, -0.15) is 14.8 Å². The van der Waals surface area contributed by atoms with Gasteiger partial charge in [-0.15, -0.1) is 0 Å². The number of para-hydroxylation sites is 1. The highest BCUT2D eigenvalue weighted by Crippen LogP contribution is 2.42. The number of piperidine rings is 2. The van der Waals surface area contributed by atoms with Gasteiger partial charge in [0.05, 0.1) is 5.69 Å². The maximum Gasteiger partial charge on any atom is 0.291 e. The SMILES string of the molecule is CC(C)c1nn(-c2noc(C3CCN(C4[C@@H]5CC[C@H]4CN(C(=O)CO)C5)CC3)n2)c2c(F)cccc12. The Morgan fingerprint density at radius 1 is 1.17 bits per heavy atom. The lowest BCUT2D eigenvalue weighted by Gasteiger charge is -2.45. The average molecular weight is 497 g/mol. The van der Waals surface area contributed by atoms with Crippen molar-refractivity contribution in [2.75, 3.05) is 32.8 Å². The van der Waals surface area contributed by atoms with Crippen LogP contribution in [-0.4, -0.2) is 79.6 Å². The zero-order valence-corrected chi connectivity index (χ0v) is 20.8. The Hall–Kier alpha value is -2.85. The summed E-state index contributed by atoms with van der Waals surface area (Å²) in [5.74, 6) is 1.60. The normalized spacial score (nSPS) is 25.4. The van der Waals surface area contributed by atoms with E-state index in [4.69, 9.17) is 4.52 Å². The number of likely N-dealkylation sites (tertiary alicyclic amines) is 2. The second-order valence-electron chi connectivity index (χ2n) is 10.9. The Morgan fingerprint density at radius 2 is 1.89 bits per heavy atom. The third-order valence-electron chi connectivity index (χ3n) is 8.42. The van der Waals surface area contributed by atoms with E-state index in [2.05, 4.69) is 20.1 Å². The molecule has 2 saturated heterocycles. The first-order valence-electron chi connectivity index (χ1n) is 13.1. The number of hydrogen-bond acceptors (Lipinski definition) is 7. The molecule has 0 spiro atoms. The molecule has 0 radical (unpaired) electrons. The number of aliphatic hydroxyl groups is 1. The predicted molar refractivity (Wildman–Crippen MR) is 130 cm³/mol. The Bertz CT molecular complexity index is 1250. The van der Waals surface area contributed by atoms with Crippen molar-refractivity contribution in [2.24, 2.45) is 11.8 Å². The highest BCUT2D eigenvalue weighted by atomic mass is 19.1. The van der Waals surface area contributed by atoms with Crippen LogP contribution < -0.4 is 0 Å². The molecule has 4 heterocycles. The van der Waals surface area contributed by atoms with Gasteiger partial charge in [0.1, 0.15) is 17.9 Å². The van der Waals surface area contributed by atoms with Crippen LogP contribution in [-0.2, 0) is 4.79 Å². The molecule has 3 aromatic rings. The number of carbonyl (C=O) groups excluding carboxylic acids is 1. The zero-order valence-electron chi connectivity index (χ0n) is 20.8. The molecule has 1 saturated carbocycles. The number of carbonyl (C=O) groups is 1. The molecule has 9 nitrogen and oxygen atoms in total. The number of aliphatic hydroxyl groups excluding tert-OH is 1. The summed E-state index contributed by atoms with van der Waals surface area (Å²) in [5.41, 5.74) is 1.19. The van der Waals surface area contributed by atoms with Crippen LogP contribution in [0.5, 0.6) is 0 Å². The van der Waals surface area contributed by atoms with E-state index in [0.717, 1.165) is 62.9 Å². The topological polar surface area (TPSA) is 101 Å². The average Bonchev–Trinajstić information content (AvgIpc) is 3.58. The van der Waals surface area contributed by atoms with Crippen LogP contribution in [0.2, 0.25) is 0 Å². The first kappa shape index (κ1) is 23.5. The molecular formula is C26H33FN6O3. The minimum atomic E-state index is -0.401. The standard InChI is InChI=1S/C26H33FN6O3/c1-15(2)22-19-4-3-5-20(27)24(19)33(29-22)26-28-25(36-30-26)16-8-10-31(11-9-16)23-17-6-7-18(23)13-32(12-17)21(35)14-34/h3-5,15-18,23,34H,6-14H2,1-2H3/t17-,18+,23?. The van der Waals surface area contributed by atoms with Crippen molar-refractivity contribution in [1.82, 2.24) is 29.7 Å². The second kappa shape index (κ2) is 9.23. The molecule has 2 bridgehead atoms. The minimum absolute atomic E-state index is 0.134. The predicted octanol–water partition coefficient (Wildman–Crippen LogP) is 3.08. The number of benzene rings is 1. The van der Waals surface area contributed by atoms with Crippen LogP contribution in [0.1, 0.15) is 63.0 Å². The smallest absolute Gasteiger partial charge is 0.291 e. The van der Waals surface area contributed by atoms with Gasteiger partial charge in [-0.25, -0.2) is 4.39 Å². The monoisotopic (exact) mass is 496 g/mol. The van der Waals surface area contributed by atoms with E-state index in [1.54, 1.807) is 6.07 Å². The number of rotatable bonds is 5. The molecule has 1 aromatic carbocycles. The van der Waals surface area contributed by atoms with Crippen LogP contribution in [0, 0.1) is 17.7 Å². The van der Waals surface area contributed by atoms with Gasteiger partial charge in [0, 0.05) is 30.4 Å². The quantitative estimate of drug-likeness (QED) is 0.579. The van der Waals surface area contributed by atoms with E-state index in [0.29, 0.717) is 29.3 Å². The summed E-state index contributed by atoms with van der Waals surface area (Å²) in [6.07, 6.45) is 4.12. The number of halogens is 1. The van der Waals surface area contributed by atoms with Gasteiger partial charge in [0.15, 0.2) is 0 Å². The summed E-state index contributed by atoms with van der Waals surface area (Å²) >= 11 is 0. The molecule has 1 amide bonds. The first-order valence-corrected chi connectivity index (χ1v) is 13.1. The first-order chi connectivity index (χ1) is 17.4. The Morgan fingerprint density at radius 3 is 2.56 bits per heavy atom. The highest BCUT2D eigenvalue weighted by Gasteiger charge is 2.46. The fourth-order valence-electron chi connectivity index (χ4n) is 6.74. The molecule has 1 N–H and O–H groups in total. The van der Waals surface area contributed by atoms with Crippen LogP contribution >= 0.6 is 0 Å². The van der Waals surface area contributed by atoms with Crippen molar-refractivity contribution in [3.05, 3.63) is 35.6 Å². The molecule has 2 aromatic heterocycles. The van der Waals surface area contributed by atoms with Crippen LogP contribution in [0.4, 0.5) is 4.39 Å². The Balaban J connectivity index is 1.16. The largest absolute Gasteiger partial charge is 0.387 e. The van der Waals surface area contributed by atoms with E-state index in [1.165, 1.54) is 10.7 Å². The molecule has 1 aliphatic carbocycles. The fourth-order valence-corrected chi connectivity index (χ4v) is 6.74. The van der Waals surface area contributed by atoms with Crippen molar-refractivity contribution in [1.29, 1.82) is 0 Å². The zero-order chi connectivity index (χ0) is 25.0. The molecule has 3 fully saturated rings. The van der Waals surface area contributed by atoms with Gasteiger partial charge in [0.25, 0.3) is 5.95 Å². The van der Waals surface area contributed by atoms with Gasteiger partial charge >= 0.3 is 0 Å². The van der Waals surface area contributed by atoms with E-state index in [-0.39, 0.29) is 29.5 Å².